The van der Waals surface area contributed by atoms with Crippen molar-refractivity contribution in [2.24, 2.45) is 5.92 Å². The molecule has 1 heterocycles. The molecule has 3 rings (SSSR count). The number of hydrogen-bond acceptors (Lipinski definition) is 3. The molecule has 0 spiro atoms. The van der Waals surface area contributed by atoms with Gasteiger partial charge in [-0.05, 0) is 18.8 Å². The number of aromatic nitrogens is 1. The van der Waals surface area contributed by atoms with Crippen molar-refractivity contribution >= 4 is 11.3 Å². The Morgan fingerprint density at radius 2 is 1.95 bits per heavy atom. The molecule has 0 radical (unpaired) electrons. The lowest BCUT2D eigenvalue weighted by Crippen LogP contribution is -2.26. The van der Waals surface area contributed by atoms with Crippen molar-refractivity contribution in [2.75, 3.05) is 0 Å². The topological polar surface area (TPSA) is 33.1 Å². The Morgan fingerprint density at radius 1 is 1.16 bits per heavy atom. The van der Waals surface area contributed by atoms with Gasteiger partial charge >= 0.3 is 0 Å². The van der Waals surface area contributed by atoms with Gasteiger partial charge in [0.15, 0.2) is 0 Å². The highest BCUT2D eigenvalue weighted by Gasteiger charge is 2.24. The predicted octanol–water partition coefficient (Wildman–Crippen LogP) is 3.90. The van der Waals surface area contributed by atoms with Crippen molar-refractivity contribution in [1.82, 2.24) is 4.98 Å². The monoisotopic (exact) mass is 273 g/mol. The number of benzene rings is 1. The van der Waals surface area contributed by atoms with Gasteiger partial charge in [0.1, 0.15) is 0 Å². The minimum absolute atomic E-state index is 0.127. The molecule has 2 nitrogen and oxygen atoms in total. The summed E-state index contributed by atoms with van der Waals surface area (Å²) in [5.41, 5.74) is 2.24. The van der Waals surface area contributed by atoms with Gasteiger partial charge in [0, 0.05) is 17.4 Å². The summed E-state index contributed by atoms with van der Waals surface area (Å²) in [7, 11) is 0. The maximum atomic E-state index is 10.0. The maximum absolute atomic E-state index is 10.0. The summed E-state index contributed by atoms with van der Waals surface area (Å²) in [5.74, 6) is 0.406. The van der Waals surface area contributed by atoms with Crippen molar-refractivity contribution in [2.45, 2.75) is 38.2 Å². The molecular weight excluding hydrogens is 254 g/mol. The molecule has 1 aromatic heterocycles. The van der Waals surface area contributed by atoms with Gasteiger partial charge in [-0.25, -0.2) is 4.98 Å². The van der Waals surface area contributed by atoms with E-state index in [1.165, 1.54) is 18.4 Å². The zero-order chi connectivity index (χ0) is 13.1. The first-order valence-electron chi connectivity index (χ1n) is 7.01. The van der Waals surface area contributed by atoms with Crippen molar-refractivity contribution < 1.29 is 5.11 Å². The fourth-order valence-corrected chi connectivity index (χ4v) is 3.69. The maximum Gasteiger partial charge on any atom is 0.0936 e. The fraction of sp³-hybridized carbons (Fsp3) is 0.438. The first kappa shape index (κ1) is 12.8. The summed E-state index contributed by atoms with van der Waals surface area (Å²) >= 11 is 1.72. The van der Waals surface area contributed by atoms with E-state index in [2.05, 4.69) is 17.5 Å². The highest BCUT2D eigenvalue weighted by Crippen LogP contribution is 2.30. The number of aliphatic hydroxyl groups excluding tert-OH is 1. The fourth-order valence-electron chi connectivity index (χ4n) is 2.80. The third kappa shape index (κ3) is 3.04. The smallest absolute Gasteiger partial charge is 0.0936 e. The largest absolute Gasteiger partial charge is 0.393 e. The molecule has 1 N–H and O–H groups in total. The number of aliphatic hydroxyl groups is 1. The Bertz CT molecular complexity index is 523. The second-order valence-corrected chi connectivity index (χ2v) is 6.25. The summed E-state index contributed by atoms with van der Waals surface area (Å²) in [6.45, 7) is 0. The molecule has 0 amide bonds. The number of nitrogens with zero attached hydrogens (tertiary/aromatic N) is 1. The normalized spacial score (nSPS) is 23.4. The average Bonchev–Trinajstić information content (AvgIpc) is 2.91. The zero-order valence-electron chi connectivity index (χ0n) is 11.0. The van der Waals surface area contributed by atoms with Gasteiger partial charge in [0.05, 0.1) is 16.8 Å². The van der Waals surface area contributed by atoms with E-state index >= 15 is 0 Å². The van der Waals surface area contributed by atoms with E-state index in [0.29, 0.717) is 5.92 Å². The molecule has 2 unspecified atom stereocenters. The van der Waals surface area contributed by atoms with Crippen LogP contribution in [0.4, 0.5) is 0 Å². The minimum Gasteiger partial charge on any atom is -0.393 e. The third-order valence-electron chi connectivity index (χ3n) is 3.93. The Morgan fingerprint density at radius 3 is 2.74 bits per heavy atom. The van der Waals surface area contributed by atoms with Gasteiger partial charge in [0.25, 0.3) is 0 Å². The molecule has 19 heavy (non-hydrogen) atoms. The average molecular weight is 273 g/mol. The van der Waals surface area contributed by atoms with Gasteiger partial charge in [0.2, 0.25) is 0 Å². The first-order chi connectivity index (χ1) is 9.33. The van der Waals surface area contributed by atoms with Gasteiger partial charge < -0.3 is 5.11 Å². The number of hydrogen-bond donors (Lipinski definition) is 1. The van der Waals surface area contributed by atoms with Gasteiger partial charge in [-0.3, -0.25) is 0 Å². The SMILES string of the molecule is OC1CCCCC1Cc1nc(-c2ccccc2)cs1. The van der Waals surface area contributed by atoms with Crippen molar-refractivity contribution in [3.8, 4) is 11.3 Å². The molecule has 2 aromatic rings. The molecule has 1 fully saturated rings. The molecule has 1 aromatic carbocycles. The van der Waals surface area contributed by atoms with Crippen LogP contribution in [0.2, 0.25) is 0 Å². The summed E-state index contributed by atoms with van der Waals surface area (Å²) in [6.07, 6.45) is 5.32. The van der Waals surface area contributed by atoms with Crippen molar-refractivity contribution in [3.63, 3.8) is 0 Å². The van der Waals surface area contributed by atoms with E-state index in [-0.39, 0.29) is 6.10 Å². The van der Waals surface area contributed by atoms with Crippen LogP contribution in [0.15, 0.2) is 35.7 Å². The predicted molar refractivity (Wildman–Crippen MR) is 79.2 cm³/mol. The third-order valence-corrected chi connectivity index (χ3v) is 4.80. The van der Waals surface area contributed by atoms with Crippen LogP contribution in [0.5, 0.6) is 0 Å². The standard InChI is InChI=1S/C16H19NOS/c18-15-9-5-4-8-13(15)10-16-17-14(11-19-16)12-6-2-1-3-7-12/h1-3,6-7,11,13,15,18H,4-5,8-10H2. The first-order valence-corrected chi connectivity index (χ1v) is 7.89. The van der Waals surface area contributed by atoms with E-state index < -0.39 is 0 Å². The van der Waals surface area contributed by atoms with Crippen LogP contribution in [0.25, 0.3) is 11.3 Å². The second-order valence-electron chi connectivity index (χ2n) is 5.31. The highest BCUT2D eigenvalue weighted by molar-refractivity contribution is 7.09. The molecule has 100 valence electrons. The van der Waals surface area contributed by atoms with Gasteiger partial charge in [-0.1, -0.05) is 43.2 Å². The minimum atomic E-state index is -0.127. The molecule has 0 saturated heterocycles. The molecule has 0 aliphatic heterocycles. The van der Waals surface area contributed by atoms with E-state index in [0.717, 1.165) is 30.0 Å². The highest BCUT2D eigenvalue weighted by atomic mass is 32.1. The summed E-state index contributed by atoms with van der Waals surface area (Å²) < 4.78 is 0. The summed E-state index contributed by atoms with van der Waals surface area (Å²) in [4.78, 5) is 4.72. The Labute approximate surface area is 118 Å². The quantitative estimate of drug-likeness (QED) is 0.920. The van der Waals surface area contributed by atoms with Crippen LogP contribution < -0.4 is 0 Å². The zero-order valence-corrected chi connectivity index (χ0v) is 11.8. The second kappa shape index (κ2) is 5.85. The van der Waals surface area contributed by atoms with Crippen LogP contribution >= 0.6 is 11.3 Å². The molecule has 1 aliphatic rings. The van der Waals surface area contributed by atoms with Crippen LogP contribution in [-0.4, -0.2) is 16.2 Å². The van der Waals surface area contributed by atoms with Crippen LogP contribution in [-0.2, 0) is 6.42 Å². The Kier molecular flexibility index (Phi) is 3.95. The lowest BCUT2D eigenvalue weighted by Gasteiger charge is -2.26. The van der Waals surface area contributed by atoms with Crippen molar-refractivity contribution in [3.05, 3.63) is 40.7 Å². The molecule has 1 saturated carbocycles. The molecule has 0 bridgehead atoms. The molecular formula is C16H19NOS. The van der Waals surface area contributed by atoms with Crippen LogP contribution in [0.1, 0.15) is 30.7 Å². The van der Waals surface area contributed by atoms with E-state index in [4.69, 9.17) is 4.98 Å². The van der Waals surface area contributed by atoms with E-state index in [1.807, 2.05) is 18.2 Å². The van der Waals surface area contributed by atoms with Crippen LogP contribution in [0.3, 0.4) is 0 Å². The van der Waals surface area contributed by atoms with Gasteiger partial charge in [-0.15, -0.1) is 11.3 Å². The Hall–Kier alpha value is -1.19. The lowest BCUT2D eigenvalue weighted by molar-refractivity contribution is 0.0700. The van der Waals surface area contributed by atoms with E-state index in [9.17, 15) is 5.11 Å². The lowest BCUT2D eigenvalue weighted by atomic mass is 9.84. The molecule has 3 heteroatoms. The van der Waals surface area contributed by atoms with Crippen LogP contribution in [0, 0.1) is 5.92 Å². The molecule has 1 aliphatic carbocycles. The van der Waals surface area contributed by atoms with Gasteiger partial charge in [-0.2, -0.15) is 0 Å². The van der Waals surface area contributed by atoms with E-state index in [1.54, 1.807) is 11.3 Å². The number of rotatable bonds is 3. The van der Waals surface area contributed by atoms with Crippen molar-refractivity contribution in [1.29, 1.82) is 0 Å². The Balaban J connectivity index is 1.71. The number of thiazole rings is 1. The summed E-state index contributed by atoms with van der Waals surface area (Å²) in [6, 6.07) is 10.3. The summed E-state index contributed by atoms with van der Waals surface area (Å²) in [5, 5.41) is 13.3. The molecule has 2 atom stereocenters.